The standard InChI is InChI=1S/C17H27N3O5/c1-11-7-12(2)9-17(8-11)15(24)20(16(25)18-17)10-13(21)19(3)6-4-5-14(22)23/h11-12H,4-10H2,1-3H3,(H,18,25)(H,22,23). The lowest BCUT2D eigenvalue weighted by Crippen LogP contribution is -2.52. The van der Waals surface area contributed by atoms with Crippen LogP contribution in [0.15, 0.2) is 0 Å². The van der Waals surface area contributed by atoms with Crippen LogP contribution in [0.4, 0.5) is 4.79 Å². The van der Waals surface area contributed by atoms with Crippen molar-refractivity contribution in [1.82, 2.24) is 15.1 Å². The Bertz CT molecular complexity index is 567. The first-order chi connectivity index (χ1) is 11.6. The van der Waals surface area contributed by atoms with Crippen molar-refractivity contribution in [2.45, 2.75) is 51.5 Å². The molecule has 0 bridgehead atoms. The van der Waals surface area contributed by atoms with Gasteiger partial charge in [-0.3, -0.25) is 19.3 Å². The maximum Gasteiger partial charge on any atom is 0.325 e. The molecule has 2 N–H and O–H groups in total. The largest absolute Gasteiger partial charge is 0.481 e. The Morgan fingerprint density at radius 1 is 1.28 bits per heavy atom. The number of urea groups is 1. The Morgan fingerprint density at radius 2 is 1.88 bits per heavy atom. The molecular weight excluding hydrogens is 326 g/mol. The number of hydrogen-bond donors (Lipinski definition) is 2. The van der Waals surface area contributed by atoms with E-state index in [2.05, 4.69) is 19.2 Å². The summed E-state index contributed by atoms with van der Waals surface area (Å²) in [4.78, 5) is 50.3. The molecule has 1 heterocycles. The lowest BCUT2D eigenvalue weighted by Gasteiger charge is -2.37. The van der Waals surface area contributed by atoms with Crippen LogP contribution in [0.1, 0.15) is 46.0 Å². The van der Waals surface area contributed by atoms with E-state index in [1.54, 1.807) is 7.05 Å². The number of rotatable bonds is 6. The van der Waals surface area contributed by atoms with Crippen LogP contribution in [0.25, 0.3) is 0 Å². The minimum atomic E-state index is -0.919. The molecule has 2 rings (SSSR count). The molecule has 25 heavy (non-hydrogen) atoms. The zero-order chi connectivity index (χ0) is 18.8. The number of carbonyl (C=O) groups excluding carboxylic acids is 3. The highest BCUT2D eigenvalue weighted by atomic mass is 16.4. The predicted octanol–water partition coefficient (Wildman–Crippen LogP) is 1.06. The van der Waals surface area contributed by atoms with Crippen LogP contribution in [-0.4, -0.2) is 64.4 Å². The van der Waals surface area contributed by atoms with E-state index in [-0.39, 0.29) is 31.3 Å². The van der Waals surface area contributed by atoms with Gasteiger partial charge in [0.05, 0.1) is 0 Å². The third-order valence-electron chi connectivity index (χ3n) is 5.05. The summed E-state index contributed by atoms with van der Waals surface area (Å²) in [5.41, 5.74) is -0.879. The normalized spacial score (nSPS) is 29.0. The summed E-state index contributed by atoms with van der Waals surface area (Å²) < 4.78 is 0. The van der Waals surface area contributed by atoms with E-state index in [0.717, 1.165) is 11.3 Å². The Balaban J connectivity index is 1.98. The number of likely N-dealkylation sites (N-methyl/N-ethyl adjacent to an activating group) is 1. The Morgan fingerprint density at radius 3 is 2.44 bits per heavy atom. The number of carboxylic acid groups (broad SMARTS) is 1. The van der Waals surface area contributed by atoms with Crippen molar-refractivity contribution >= 4 is 23.8 Å². The van der Waals surface area contributed by atoms with Crippen molar-refractivity contribution in [2.75, 3.05) is 20.1 Å². The fourth-order valence-corrected chi connectivity index (χ4v) is 4.07. The molecule has 4 amide bonds. The highest BCUT2D eigenvalue weighted by Crippen LogP contribution is 2.39. The van der Waals surface area contributed by atoms with Crippen LogP contribution >= 0.6 is 0 Å². The molecule has 8 nitrogen and oxygen atoms in total. The van der Waals surface area contributed by atoms with E-state index < -0.39 is 17.5 Å². The monoisotopic (exact) mass is 353 g/mol. The van der Waals surface area contributed by atoms with Gasteiger partial charge in [-0.05, 0) is 37.5 Å². The molecule has 0 radical (unpaired) electrons. The molecule has 2 atom stereocenters. The fourth-order valence-electron chi connectivity index (χ4n) is 4.07. The Kier molecular flexibility index (Phi) is 5.69. The number of nitrogens with zero attached hydrogens (tertiary/aromatic N) is 2. The lowest BCUT2D eigenvalue weighted by atomic mass is 9.71. The second-order valence-electron chi connectivity index (χ2n) is 7.57. The van der Waals surface area contributed by atoms with Crippen LogP contribution in [0.2, 0.25) is 0 Å². The second kappa shape index (κ2) is 7.41. The van der Waals surface area contributed by atoms with Gasteiger partial charge in [-0.25, -0.2) is 4.79 Å². The van der Waals surface area contributed by atoms with Crippen molar-refractivity contribution in [3.63, 3.8) is 0 Å². The van der Waals surface area contributed by atoms with Crippen LogP contribution in [0.5, 0.6) is 0 Å². The fraction of sp³-hybridized carbons (Fsp3) is 0.765. The number of imide groups is 1. The van der Waals surface area contributed by atoms with E-state index in [9.17, 15) is 19.2 Å². The summed E-state index contributed by atoms with van der Waals surface area (Å²) in [5, 5.41) is 11.5. The van der Waals surface area contributed by atoms with Crippen molar-refractivity contribution in [3.05, 3.63) is 0 Å². The van der Waals surface area contributed by atoms with E-state index in [1.807, 2.05) is 0 Å². The van der Waals surface area contributed by atoms with Gasteiger partial charge in [0.25, 0.3) is 5.91 Å². The molecule has 140 valence electrons. The zero-order valence-corrected chi connectivity index (χ0v) is 15.1. The van der Waals surface area contributed by atoms with E-state index >= 15 is 0 Å². The van der Waals surface area contributed by atoms with Gasteiger partial charge in [-0.2, -0.15) is 0 Å². The summed E-state index contributed by atoms with van der Waals surface area (Å²) >= 11 is 0. The zero-order valence-electron chi connectivity index (χ0n) is 15.1. The van der Waals surface area contributed by atoms with Crippen molar-refractivity contribution in [2.24, 2.45) is 11.8 Å². The highest BCUT2D eigenvalue weighted by molar-refractivity contribution is 6.09. The van der Waals surface area contributed by atoms with Gasteiger partial charge >= 0.3 is 12.0 Å². The maximum absolute atomic E-state index is 12.8. The first-order valence-electron chi connectivity index (χ1n) is 8.74. The molecule has 1 saturated heterocycles. The topological polar surface area (TPSA) is 107 Å². The van der Waals surface area contributed by atoms with Crippen LogP contribution in [0, 0.1) is 11.8 Å². The molecule has 1 aliphatic heterocycles. The van der Waals surface area contributed by atoms with Crippen molar-refractivity contribution < 1.29 is 24.3 Å². The molecule has 2 unspecified atom stereocenters. The van der Waals surface area contributed by atoms with E-state index in [0.29, 0.717) is 31.1 Å². The van der Waals surface area contributed by atoms with Gasteiger partial charge in [-0.15, -0.1) is 0 Å². The number of carboxylic acids is 1. The maximum atomic E-state index is 12.8. The molecule has 1 spiro atoms. The Labute approximate surface area is 147 Å². The summed E-state index contributed by atoms with van der Waals surface area (Å²) in [6, 6.07) is -0.515. The number of amides is 4. The summed E-state index contributed by atoms with van der Waals surface area (Å²) in [7, 11) is 1.54. The molecule has 8 heteroatoms. The predicted molar refractivity (Wildman–Crippen MR) is 89.7 cm³/mol. The van der Waals surface area contributed by atoms with Crippen molar-refractivity contribution in [1.29, 1.82) is 0 Å². The van der Waals surface area contributed by atoms with E-state index in [4.69, 9.17) is 5.11 Å². The van der Waals surface area contributed by atoms with Gasteiger partial charge in [-0.1, -0.05) is 13.8 Å². The number of aliphatic carboxylic acids is 1. The first kappa shape index (κ1) is 19.2. The minimum absolute atomic E-state index is 0.0281. The second-order valence-corrected chi connectivity index (χ2v) is 7.57. The number of hydrogen-bond acceptors (Lipinski definition) is 4. The number of carbonyl (C=O) groups is 4. The van der Waals surface area contributed by atoms with Crippen molar-refractivity contribution in [3.8, 4) is 0 Å². The van der Waals surface area contributed by atoms with Gasteiger partial charge < -0.3 is 15.3 Å². The molecule has 1 saturated carbocycles. The average Bonchev–Trinajstić information content (AvgIpc) is 2.69. The highest BCUT2D eigenvalue weighted by Gasteiger charge is 2.54. The molecule has 1 aliphatic carbocycles. The minimum Gasteiger partial charge on any atom is -0.481 e. The van der Waals surface area contributed by atoms with Gasteiger partial charge in [0, 0.05) is 20.0 Å². The molecular formula is C17H27N3O5. The third-order valence-corrected chi connectivity index (χ3v) is 5.05. The molecule has 2 fully saturated rings. The molecule has 0 aromatic heterocycles. The lowest BCUT2D eigenvalue weighted by molar-refractivity contribution is -0.140. The molecule has 2 aliphatic rings. The van der Waals surface area contributed by atoms with Gasteiger partial charge in [0.15, 0.2) is 0 Å². The van der Waals surface area contributed by atoms with Gasteiger partial charge in [0.1, 0.15) is 12.1 Å². The summed E-state index contributed by atoms with van der Waals surface area (Å²) in [6.07, 6.45) is 2.52. The smallest absolute Gasteiger partial charge is 0.325 e. The Hall–Kier alpha value is -2.12. The van der Waals surface area contributed by atoms with E-state index in [1.165, 1.54) is 4.90 Å². The third kappa shape index (κ3) is 4.29. The average molecular weight is 353 g/mol. The quantitative estimate of drug-likeness (QED) is 0.694. The van der Waals surface area contributed by atoms with Gasteiger partial charge in [0.2, 0.25) is 5.91 Å². The SMILES string of the molecule is CC1CC(C)CC2(C1)NC(=O)N(CC(=O)N(C)CCCC(=O)O)C2=O. The number of nitrogens with one attached hydrogen (secondary N) is 1. The van der Waals surface area contributed by atoms with Crippen LogP contribution < -0.4 is 5.32 Å². The van der Waals surface area contributed by atoms with Crippen LogP contribution in [0.3, 0.4) is 0 Å². The first-order valence-corrected chi connectivity index (χ1v) is 8.74. The molecule has 0 aromatic rings. The summed E-state index contributed by atoms with van der Waals surface area (Å²) in [5.74, 6) is -0.937. The van der Waals surface area contributed by atoms with Crippen LogP contribution in [-0.2, 0) is 14.4 Å². The molecule has 0 aromatic carbocycles. The summed E-state index contributed by atoms with van der Waals surface area (Å²) in [6.45, 7) is 4.11.